The first kappa shape index (κ1) is 12.9. The Kier molecular flexibility index (Phi) is 4.52. The van der Waals surface area contributed by atoms with Crippen molar-refractivity contribution in [1.82, 2.24) is 0 Å². The van der Waals surface area contributed by atoms with Crippen molar-refractivity contribution in [3.05, 3.63) is 0 Å². The summed E-state index contributed by atoms with van der Waals surface area (Å²) in [4.78, 5) is 21.2. The van der Waals surface area contributed by atoms with E-state index in [9.17, 15) is 9.59 Å². The SMILES string of the molecule is CCOC(C)(OC(C)C(=O)O)C(=O)O. The number of aliphatic carboxylic acids is 2. The number of rotatable bonds is 6. The van der Waals surface area contributed by atoms with Crippen molar-refractivity contribution in [2.24, 2.45) is 0 Å². The molecule has 6 nitrogen and oxygen atoms in total. The van der Waals surface area contributed by atoms with E-state index in [1.54, 1.807) is 6.92 Å². The molecule has 14 heavy (non-hydrogen) atoms. The highest BCUT2D eigenvalue weighted by atomic mass is 16.7. The van der Waals surface area contributed by atoms with Gasteiger partial charge < -0.3 is 19.7 Å². The summed E-state index contributed by atoms with van der Waals surface area (Å²) >= 11 is 0. The second-order valence-corrected chi connectivity index (χ2v) is 2.78. The van der Waals surface area contributed by atoms with E-state index in [-0.39, 0.29) is 6.61 Å². The lowest BCUT2D eigenvalue weighted by molar-refractivity contribution is -0.249. The summed E-state index contributed by atoms with van der Waals surface area (Å²) in [6, 6.07) is 0. The van der Waals surface area contributed by atoms with Crippen LogP contribution in [-0.4, -0.2) is 40.6 Å². The van der Waals surface area contributed by atoms with Gasteiger partial charge in [-0.2, -0.15) is 0 Å². The Morgan fingerprint density at radius 2 is 1.93 bits per heavy atom. The number of carbonyl (C=O) groups is 2. The van der Waals surface area contributed by atoms with Crippen molar-refractivity contribution < 1.29 is 29.3 Å². The van der Waals surface area contributed by atoms with E-state index >= 15 is 0 Å². The number of carboxylic acid groups (broad SMARTS) is 2. The molecule has 0 radical (unpaired) electrons. The molecule has 0 heterocycles. The normalized spacial score (nSPS) is 17.1. The zero-order valence-electron chi connectivity index (χ0n) is 8.31. The highest BCUT2D eigenvalue weighted by Crippen LogP contribution is 2.15. The molecule has 2 atom stereocenters. The van der Waals surface area contributed by atoms with Gasteiger partial charge in [0.05, 0.1) is 0 Å². The molecular formula is C8H14O6. The van der Waals surface area contributed by atoms with Crippen molar-refractivity contribution in [3.63, 3.8) is 0 Å². The zero-order chi connectivity index (χ0) is 11.4. The molecule has 0 saturated heterocycles. The van der Waals surface area contributed by atoms with Crippen LogP contribution in [0.15, 0.2) is 0 Å². The lowest BCUT2D eigenvalue weighted by atomic mass is 10.3. The van der Waals surface area contributed by atoms with E-state index in [1.807, 2.05) is 0 Å². The molecule has 0 aliphatic rings. The van der Waals surface area contributed by atoms with Crippen molar-refractivity contribution in [3.8, 4) is 0 Å². The van der Waals surface area contributed by atoms with Crippen molar-refractivity contribution in [2.45, 2.75) is 32.7 Å². The van der Waals surface area contributed by atoms with Crippen LogP contribution >= 0.6 is 0 Å². The van der Waals surface area contributed by atoms with Crippen molar-refractivity contribution in [2.75, 3.05) is 6.61 Å². The highest BCUT2D eigenvalue weighted by molar-refractivity contribution is 5.77. The van der Waals surface area contributed by atoms with E-state index in [4.69, 9.17) is 19.7 Å². The Bertz CT molecular complexity index is 226. The van der Waals surface area contributed by atoms with Crippen LogP contribution in [0.2, 0.25) is 0 Å². The monoisotopic (exact) mass is 206 g/mol. The third-order valence-electron chi connectivity index (χ3n) is 1.56. The molecule has 0 aliphatic heterocycles. The fourth-order valence-corrected chi connectivity index (χ4v) is 0.809. The molecule has 0 aromatic carbocycles. The second-order valence-electron chi connectivity index (χ2n) is 2.78. The predicted octanol–water partition coefficient (Wildman–Crippen LogP) is 0.313. The molecule has 0 fully saturated rings. The molecule has 0 aliphatic carbocycles. The topological polar surface area (TPSA) is 93.1 Å². The van der Waals surface area contributed by atoms with Gasteiger partial charge in [-0.1, -0.05) is 0 Å². The quantitative estimate of drug-likeness (QED) is 0.607. The van der Waals surface area contributed by atoms with Gasteiger partial charge in [0, 0.05) is 13.5 Å². The van der Waals surface area contributed by atoms with Gasteiger partial charge in [-0.3, -0.25) is 0 Å². The van der Waals surface area contributed by atoms with Gasteiger partial charge in [-0.05, 0) is 13.8 Å². The summed E-state index contributed by atoms with van der Waals surface area (Å²) in [7, 11) is 0. The second kappa shape index (κ2) is 4.92. The maximum atomic E-state index is 10.7. The van der Waals surface area contributed by atoms with Crippen LogP contribution in [0.5, 0.6) is 0 Å². The van der Waals surface area contributed by atoms with Crippen LogP contribution in [-0.2, 0) is 19.1 Å². The predicted molar refractivity (Wildman–Crippen MR) is 45.8 cm³/mol. The first-order chi connectivity index (χ1) is 6.33. The highest BCUT2D eigenvalue weighted by Gasteiger charge is 2.38. The summed E-state index contributed by atoms with van der Waals surface area (Å²) in [5.74, 6) is -4.50. The summed E-state index contributed by atoms with van der Waals surface area (Å²) in [6.45, 7) is 4.12. The van der Waals surface area contributed by atoms with Gasteiger partial charge >= 0.3 is 11.9 Å². The van der Waals surface area contributed by atoms with Crippen molar-refractivity contribution >= 4 is 11.9 Å². The van der Waals surface area contributed by atoms with Crippen LogP contribution in [0, 0.1) is 0 Å². The Morgan fingerprint density at radius 3 is 2.21 bits per heavy atom. The van der Waals surface area contributed by atoms with E-state index in [0.717, 1.165) is 6.92 Å². The van der Waals surface area contributed by atoms with E-state index in [0.29, 0.717) is 0 Å². The number of carboxylic acids is 2. The van der Waals surface area contributed by atoms with Crippen molar-refractivity contribution in [1.29, 1.82) is 0 Å². The van der Waals surface area contributed by atoms with Crippen LogP contribution in [0.25, 0.3) is 0 Å². The number of hydrogen-bond donors (Lipinski definition) is 2. The van der Waals surface area contributed by atoms with Crippen LogP contribution in [0.3, 0.4) is 0 Å². The molecule has 2 N–H and O–H groups in total. The minimum Gasteiger partial charge on any atom is -0.479 e. The Hall–Kier alpha value is -1.14. The van der Waals surface area contributed by atoms with Gasteiger partial charge in [-0.15, -0.1) is 0 Å². The van der Waals surface area contributed by atoms with Gasteiger partial charge in [-0.25, -0.2) is 9.59 Å². The smallest absolute Gasteiger partial charge is 0.364 e. The minimum absolute atomic E-state index is 0.120. The van der Waals surface area contributed by atoms with Gasteiger partial charge in [0.1, 0.15) is 0 Å². The molecule has 6 heteroatoms. The lowest BCUT2D eigenvalue weighted by Gasteiger charge is -2.26. The average Bonchev–Trinajstić information content (AvgIpc) is 2.03. The third kappa shape index (κ3) is 3.31. The Labute approximate surface area is 81.4 Å². The largest absolute Gasteiger partial charge is 0.479 e. The molecule has 2 unspecified atom stereocenters. The summed E-state index contributed by atoms with van der Waals surface area (Å²) in [5, 5.41) is 17.3. The Balaban J connectivity index is 4.52. The minimum atomic E-state index is -1.91. The molecule has 0 saturated carbocycles. The molecule has 82 valence electrons. The fraction of sp³-hybridized carbons (Fsp3) is 0.750. The molecule has 0 bridgehead atoms. The maximum Gasteiger partial charge on any atom is 0.364 e. The summed E-state index contributed by atoms with van der Waals surface area (Å²) in [6.07, 6.45) is -1.23. The van der Waals surface area contributed by atoms with Crippen LogP contribution in [0.4, 0.5) is 0 Å². The average molecular weight is 206 g/mol. The van der Waals surface area contributed by atoms with Crippen LogP contribution in [0.1, 0.15) is 20.8 Å². The summed E-state index contributed by atoms with van der Waals surface area (Å²) < 4.78 is 9.61. The number of ether oxygens (including phenoxy) is 2. The van der Waals surface area contributed by atoms with Gasteiger partial charge in [0.15, 0.2) is 6.10 Å². The van der Waals surface area contributed by atoms with Crippen LogP contribution < -0.4 is 0 Å². The molecule has 0 rings (SSSR count). The lowest BCUT2D eigenvalue weighted by Crippen LogP contribution is -2.45. The van der Waals surface area contributed by atoms with Gasteiger partial charge in [0.2, 0.25) is 0 Å². The first-order valence-corrected chi connectivity index (χ1v) is 4.11. The van der Waals surface area contributed by atoms with E-state index in [2.05, 4.69) is 0 Å². The third-order valence-corrected chi connectivity index (χ3v) is 1.56. The Morgan fingerprint density at radius 1 is 1.43 bits per heavy atom. The maximum absolute atomic E-state index is 10.7. The molecule has 0 aromatic heterocycles. The van der Waals surface area contributed by atoms with Gasteiger partial charge in [0.25, 0.3) is 5.79 Å². The fourth-order valence-electron chi connectivity index (χ4n) is 0.809. The molecule has 0 spiro atoms. The zero-order valence-corrected chi connectivity index (χ0v) is 8.31. The first-order valence-electron chi connectivity index (χ1n) is 4.11. The summed E-state index contributed by atoms with van der Waals surface area (Å²) in [5.41, 5.74) is 0. The van der Waals surface area contributed by atoms with E-state index in [1.165, 1.54) is 6.92 Å². The van der Waals surface area contributed by atoms with E-state index < -0.39 is 23.8 Å². The molecule has 0 amide bonds. The number of hydrogen-bond acceptors (Lipinski definition) is 4. The molecular weight excluding hydrogens is 192 g/mol. The standard InChI is InChI=1S/C8H14O6/c1-4-13-8(3,7(11)12)14-5(2)6(9)10/h5H,4H2,1-3H3,(H,9,10)(H,11,12). The molecule has 0 aromatic rings.